The van der Waals surface area contributed by atoms with Gasteiger partial charge in [0.05, 0.1) is 23.8 Å². The van der Waals surface area contributed by atoms with E-state index in [4.69, 9.17) is 14.8 Å². The Morgan fingerprint density at radius 1 is 0.814 bits per heavy atom. The monoisotopic (exact) mass is 622 g/mol. The number of carboxylic acids is 4. The Morgan fingerprint density at radius 3 is 1.67 bits per heavy atom. The van der Waals surface area contributed by atoms with Gasteiger partial charge in [-0.3, -0.25) is 23.8 Å². The minimum atomic E-state index is -2.22. The SMILES string of the molecule is O=C(O)CC[C@@H](C(=O)O)n1cc(CN(CCc2ccc(NS(=O)O)cc2)Cc2cn([C@@H](CCC(=O)O)C(=O)O)nn2)nn1. The number of aromatic nitrogens is 6. The van der Waals surface area contributed by atoms with E-state index in [1.54, 1.807) is 24.3 Å². The van der Waals surface area contributed by atoms with Crippen molar-refractivity contribution in [3.8, 4) is 0 Å². The number of anilines is 1. The van der Waals surface area contributed by atoms with Crippen LogP contribution in [0.3, 0.4) is 0 Å². The molecule has 3 atom stereocenters. The summed E-state index contributed by atoms with van der Waals surface area (Å²) in [5.74, 6) is -4.81. The van der Waals surface area contributed by atoms with Gasteiger partial charge in [-0.1, -0.05) is 22.6 Å². The normalized spacial score (nSPS) is 13.3. The quantitative estimate of drug-likeness (QED) is 0.100. The second-order valence-electron chi connectivity index (χ2n) is 9.46. The zero-order valence-electron chi connectivity index (χ0n) is 22.6. The highest BCUT2D eigenvalue weighted by atomic mass is 32.2. The van der Waals surface area contributed by atoms with Crippen molar-refractivity contribution in [2.45, 2.75) is 57.3 Å². The van der Waals surface area contributed by atoms with E-state index in [2.05, 4.69) is 25.3 Å². The fourth-order valence-electron chi connectivity index (χ4n) is 4.13. The number of nitrogens with one attached hydrogen (secondary N) is 1. The van der Waals surface area contributed by atoms with Crippen LogP contribution in [0.4, 0.5) is 5.69 Å². The van der Waals surface area contributed by atoms with Crippen molar-refractivity contribution in [2.75, 3.05) is 11.3 Å². The van der Waals surface area contributed by atoms with Crippen molar-refractivity contribution >= 4 is 40.8 Å². The minimum Gasteiger partial charge on any atom is -0.481 e. The smallest absolute Gasteiger partial charge is 0.328 e. The van der Waals surface area contributed by atoms with Gasteiger partial charge in [0.25, 0.3) is 11.3 Å². The molecule has 0 bridgehead atoms. The van der Waals surface area contributed by atoms with Crippen molar-refractivity contribution in [1.29, 1.82) is 0 Å². The van der Waals surface area contributed by atoms with Crippen molar-refractivity contribution in [1.82, 2.24) is 34.9 Å². The Kier molecular flexibility index (Phi) is 11.8. The second kappa shape index (κ2) is 15.5. The van der Waals surface area contributed by atoms with Crippen LogP contribution in [-0.4, -0.2) is 94.5 Å². The third-order valence-corrected chi connectivity index (χ3v) is 6.64. The first-order valence-corrected chi connectivity index (χ1v) is 13.9. The van der Waals surface area contributed by atoms with Crippen LogP contribution in [0, 0.1) is 0 Å². The zero-order valence-corrected chi connectivity index (χ0v) is 23.4. The molecule has 0 radical (unpaired) electrons. The Morgan fingerprint density at radius 2 is 1.28 bits per heavy atom. The highest BCUT2D eigenvalue weighted by molar-refractivity contribution is 7.80. The predicted octanol–water partition coefficient (Wildman–Crippen LogP) is 0.644. The molecule has 19 heteroatoms. The number of hydrogen-bond acceptors (Lipinski definition) is 10. The van der Waals surface area contributed by atoms with E-state index in [1.165, 1.54) is 12.4 Å². The van der Waals surface area contributed by atoms with Crippen LogP contribution in [0.1, 0.15) is 54.7 Å². The molecule has 0 aliphatic rings. The summed E-state index contributed by atoms with van der Waals surface area (Å²) < 4.78 is 24.5. The molecule has 18 nitrogen and oxygen atoms in total. The number of hydrogen-bond donors (Lipinski definition) is 6. The van der Waals surface area contributed by atoms with E-state index in [0.717, 1.165) is 14.9 Å². The Bertz CT molecular complexity index is 1370. The van der Waals surface area contributed by atoms with Crippen LogP contribution >= 0.6 is 0 Å². The van der Waals surface area contributed by atoms with Gasteiger partial charge in [0.2, 0.25) is 0 Å². The van der Waals surface area contributed by atoms with Crippen LogP contribution in [0.15, 0.2) is 36.7 Å². The van der Waals surface area contributed by atoms with E-state index in [9.17, 15) is 33.6 Å². The largest absolute Gasteiger partial charge is 0.481 e. The summed E-state index contributed by atoms with van der Waals surface area (Å²) in [5, 5.41) is 52.8. The third-order valence-electron chi connectivity index (χ3n) is 6.23. The third kappa shape index (κ3) is 10.5. The van der Waals surface area contributed by atoms with Gasteiger partial charge in [-0.15, -0.1) is 10.2 Å². The van der Waals surface area contributed by atoms with Gasteiger partial charge in [0.15, 0.2) is 12.1 Å². The Hall–Kier alpha value is -4.75. The molecule has 0 aliphatic heterocycles. The number of nitrogens with zero attached hydrogens (tertiary/aromatic N) is 7. The van der Waals surface area contributed by atoms with E-state index < -0.39 is 47.2 Å². The molecular formula is C24H30N8O10S. The van der Waals surface area contributed by atoms with Gasteiger partial charge in [-0.2, -0.15) is 0 Å². The number of carboxylic acid groups (broad SMARTS) is 4. The van der Waals surface area contributed by atoms with Crippen LogP contribution in [0.2, 0.25) is 0 Å². The molecule has 0 aliphatic carbocycles. The van der Waals surface area contributed by atoms with Crippen LogP contribution in [0.25, 0.3) is 0 Å². The molecule has 2 heterocycles. The lowest BCUT2D eigenvalue weighted by atomic mass is 10.1. The summed E-state index contributed by atoms with van der Waals surface area (Å²) in [5.41, 5.74) is 2.08. The first-order chi connectivity index (χ1) is 20.4. The molecule has 6 N–H and O–H groups in total. The van der Waals surface area contributed by atoms with E-state index in [-0.39, 0.29) is 38.8 Å². The van der Waals surface area contributed by atoms with Gasteiger partial charge in [-0.25, -0.2) is 23.2 Å². The number of benzene rings is 1. The molecule has 1 unspecified atom stereocenters. The number of carbonyl (C=O) groups is 4. The fraction of sp³-hybridized carbons (Fsp3) is 0.417. The average Bonchev–Trinajstić information content (AvgIpc) is 3.57. The van der Waals surface area contributed by atoms with E-state index in [0.29, 0.717) is 30.0 Å². The van der Waals surface area contributed by atoms with Gasteiger partial charge in [0.1, 0.15) is 0 Å². The first-order valence-electron chi connectivity index (χ1n) is 12.8. The molecule has 0 fully saturated rings. The lowest BCUT2D eigenvalue weighted by Crippen LogP contribution is -2.26. The number of aliphatic carboxylic acids is 4. The van der Waals surface area contributed by atoms with Gasteiger partial charge < -0.3 is 20.4 Å². The first kappa shape index (κ1) is 32.8. The summed E-state index contributed by atoms with van der Waals surface area (Å²) in [4.78, 5) is 47.1. The van der Waals surface area contributed by atoms with Crippen LogP contribution in [-0.2, 0) is 50.0 Å². The lowest BCUT2D eigenvalue weighted by Gasteiger charge is -2.20. The summed E-state index contributed by atoms with van der Waals surface area (Å²) in [6.45, 7) is 0.715. The summed E-state index contributed by atoms with van der Waals surface area (Å²) in [7, 11) is 0. The molecule has 3 rings (SSSR count). The van der Waals surface area contributed by atoms with Crippen molar-refractivity contribution in [3.05, 3.63) is 53.6 Å². The maximum Gasteiger partial charge on any atom is 0.328 e. The Balaban J connectivity index is 1.78. The van der Waals surface area contributed by atoms with Crippen LogP contribution < -0.4 is 4.72 Å². The van der Waals surface area contributed by atoms with Crippen LogP contribution in [0.5, 0.6) is 0 Å². The zero-order chi connectivity index (χ0) is 31.5. The predicted molar refractivity (Wildman–Crippen MR) is 146 cm³/mol. The van der Waals surface area contributed by atoms with E-state index >= 15 is 0 Å². The summed E-state index contributed by atoms with van der Waals surface area (Å²) >= 11 is -2.22. The van der Waals surface area contributed by atoms with Gasteiger partial charge in [0, 0.05) is 38.2 Å². The van der Waals surface area contributed by atoms with Crippen molar-refractivity contribution in [2.24, 2.45) is 0 Å². The van der Waals surface area contributed by atoms with Gasteiger partial charge >= 0.3 is 23.9 Å². The lowest BCUT2D eigenvalue weighted by molar-refractivity contribution is -0.144. The molecule has 0 amide bonds. The average molecular weight is 623 g/mol. The maximum atomic E-state index is 11.7. The fourth-order valence-corrected chi connectivity index (χ4v) is 4.47. The maximum absolute atomic E-state index is 11.7. The Labute approximate surface area is 246 Å². The molecule has 2 aromatic heterocycles. The molecule has 232 valence electrons. The molecule has 0 spiro atoms. The summed E-state index contributed by atoms with van der Waals surface area (Å²) in [6.07, 6.45) is 2.18. The topological polar surface area (TPSA) is 263 Å². The molecule has 0 saturated heterocycles. The summed E-state index contributed by atoms with van der Waals surface area (Å²) in [6, 6.07) is 4.34. The standard InChI is InChI=1S/C24H30N8O10S/c33-21(34)7-5-19(23(37)38)31-13-17(25-28-31)11-30(10-9-15-1-3-16(4-2-15)27-43(41)42)12-18-14-32(29-26-18)20(24(39)40)6-8-22(35)36/h1-4,13-14,19-20,27H,5-12H2,(H,33,34)(H,35,36)(H,37,38)(H,39,40)(H,41,42)/t19-,20-/m0/s1. The van der Waals surface area contributed by atoms with Crippen molar-refractivity contribution < 1.29 is 48.4 Å². The molecule has 43 heavy (non-hydrogen) atoms. The molecular weight excluding hydrogens is 592 g/mol. The van der Waals surface area contributed by atoms with E-state index in [1.807, 2.05) is 4.90 Å². The molecule has 3 aromatic rings. The molecule has 1 aromatic carbocycles. The number of rotatable bonds is 19. The second-order valence-corrected chi connectivity index (χ2v) is 10.2. The van der Waals surface area contributed by atoms with Gasteiger partial charge in [-0.05, 0) is 37.0 Å². The molecule has 0 saturated carbocycles. The highest BCUT2D eigenvalue weighted by Crippen LogP contribution is 2.18. The van der Waals surface area contributed by atoms with Crippen molar-refractivity contribution in [3.63, 3.8) is 0 Å². The highest BCUT2D eigenvalue weighted by Gasteiger charge is 2.25. The minimum absolute atomic E-state index is 0.155.